The lowest BCUT2D eigenvalue weighted by Crippen LogP contribution is -2.47. The fraction of sp³-hybridized carbons (Fsp3) is 0.600. The number of amides is 1. The first-order chi connectivity index (χ1) is 13.4. The number of likely N-dealkylation sites (N-methyl/N-ethyl adjacent to an activating group) is 2. The van der Waals surface area contributed by atoms with Crippen LogP contribution in [0.4, 0.5) is 4.39 Å². The lowest BCUT2D eigenvalue weighted by Gasteiger charge is -2.24. The van der Waals surface area contributed by atoms with Gasteiger partial charge in [-0.3, -0.25) is 9.69 Å². The molecule has 2 rings (SSSR count). The van der Waals surface area contributed by atoms with Crippen molar-refractivity contribution in [1.82, 2.24) is 20.4 Å². The number of halogens is 1. The van der Waals surface area contributed by atoms with Gasteiger partial charge in [-0.1, -0.05) is 6.92 Å². The molecule has 0 bridgehead atoms. The van der Waals surface area contributed by atoms with Gasteiger partial charge in [0.2, 0.25) is 5.91 Å². The standard InChI is InChI=1S/C20H32FN5O2/c1-5-26-8-6-7-17(26)13-23-20(24-14-19(27)25(2)3)22-12-15-9-16(21)11-18(10-15)28-4/h9-11,17H,5-8,12-14H2,1-4H3,(H2,22,23,24). The molecule has 1 saturated heterocycles. The number of hydrogen-bond donors (Lipinski definition) is 2. The third-order valence-electron chi connectivity index (χ3n) is 4.90. The predicted octanol–water partition coefficient (Wildman–Crippen LogP) is 1.44. The van der Waals surface area contributed by atoms with E-state index in [2.05, 4.69) is 27.4 Å². The summed E-state index contributed by atoms with van der Waals surface area (Å²) in [5, 5.41) is 6.41. The van der Waals surface area contributed by atoms with E-state index in [0.717, 1.165) is 26.1 Å². The second-order valence-electron chi connectivity index (χ2n) is 7.11. The van der Waals surface area contributed by atoms with Gasteiger partial charge < -0.3 is 20.3 Å². The molecule has 7 nitrogen and oxygen atoms in total. The highest BCUT2D eigenvalue weighted by Crippen LogP contribution is 2.17. The summed E-state index contributed by atoms with van der Waals surface area (Å²) in [5.74, 6) is 0.596. The van der Waals surface area contributed by atoms with Gasteiger partial charge >= 0.3 is 0 Å². The minimum Gasteiger partial charge on any atom is -0.497 e. The molecule has 156 valence electrons. The summed E-state index contributed by atoms with van der Waals surface area (Å²) in [6.07, 6.45) is 2.34. The van der Waals surface area contributed by atoms with Crippen molar-refractivity contribution in [3.05, 3.63) is 29.6 Å². The van der Waals surface area contributed by atoms with Crippen molar-refractivity contribution in [3.8, 4) is 5.75 Å². The van der Waals surface area contributed by atoms with Crippen LogP contribution >= 0.6 is 0 Å². The summed E-state index contributed by atoms with van der Waals surface area (Å²) >= 11 is 0. The van der Waals surface area contributed by atoms with Crippen molar-refractivity contribution in [2.24, 2.45) is 4.99 Å². The van der Waals surface area contributed by atoms with Crippen molar-refractivity contribution >= 4 is 11.9 Å². The summed E-state index contributed by atoms with van der Waals surface area (Å²) in [6.45, 7) is 5.48. The summed E-state index contributed by atoms with van der Waals surface area (Å²) < 4.78 is 18.8. The van der Waals surface area contributed by atoms with Crippen molar-refractivity contribution in [1.29, 1.82) is 0 Å². The first-order valence-electron chi connectivity index (χ1n) is 9.72. The van der Waals surface area contributed by atoms with Crippen LogP contribution in [0.1, 0.15) is 25.3 Å². The number of methoxy groups -OCH3 is 1. The summed E-state index contributed by atoms with van der Waals surface area (Å²) in [7, 11) is 4.93. The Morgan fingerprint density at radius 3 is 2.82 bits per heavy atom. The van der Waals surface area contributed by atoms with E-state index in [4.69, 9.17) is 4.74 Å². The second kappa shape index (κ2) is 10.8. The van der Waals surface area contributed by atoms with Gasteiger partial charge in [0.05, 0.1) is 20.2 Å². The minimum atomic E-state index is -0.362. The smallest absolute Gasteiger partial charge is 0.241 e. The number of aliphatic imine (C=N–C) groups is 1. The molecule has 1 fully saturated rings. The Kier molecular flexibility index (Phi) is 8.50. The third kappa shape index (κ3) is 6.67. The zero-order valence-electron chi connectivity index (χ0n) is 17.3. The quantitative estimate of drug-likeness (QED) is 0.517. The molecule has 1 unspecified atom stereocenters. The predicted molar refractivity (Wildman–Crippen MR) is 109 cm³/mol. The molecule has 0 saturated carbocycles. The minimum absolute atomic E-state index is 0.0435. The summed E-state index contributed by atoms with van der Waals surface area (Å²) in [6, 6.07) is 4.98. The Morgan fingerprint density at radius 1 is 1.36 bits per heavy atom. The van der Waals surface area contributed by atoms with Crippen LogP contribution in [-0.4, -0.2) is 75.1 Å². The van der Waals surface area contributed by atoms with Gasteiger partial charge in [-0.05, 0) is 43.6 Å². The van der Waals surface area contributed by atoms with Gasteiger partial charge in [-0.15, -0.1) is 0 Å². The zero-order valence-corrected chi connectivity index (χ0v) is 17.3. The van der Waals surface area contributed by atoms with Gasteiger partial charge in [-0.2, -0.15) is 0 Å². The molecule has 0 aliphatic carbocycles. The van der Waals surface area contributed by atoms with E-state index < -0.39 is 0 Å². The van der Waals surface area contributed by atoms with Gasteiger partial charge in [0.15, 0.2) is 5.96 Å². The van der Waals surface area contributed by atoms with Gasteiger partial charge in [0.25, 0.3) is 0 Å². The van der Waals surface area contributed by atoms with Crippen LogP contribution < -0.4 is 15.4 Å². The van der Waals surface area contributed by atoms with E-state index in [-0.39, 0.29) is 24.8 Å². The van der Waals surface area contributed by atoms with Crippen molar-refractivity contribution in [3.63, 3.8) is 0 Å². The molecular weight excluding hydrogens is 361 g/mol. The molecule has 1 atom stereocenters. The Labute approximate surface area is 166 Å². The number of carbonyl (C=O) groups excluding carboxylic acids is 1. The molecule has 8 heteroatoms. The van der Waals surface area contributed by atoms with Gasteiger partial charge in [0.1, 0.15) is 11.6 Å². The highest BCUT2D eigenvalue weighted by molar-refractivity contribution is 5.86. The van der Waals surface area contributed by atoms with Crippen molar-refractivity contribution in [2.45, 2.75) is 32.4 Å². The maximum Gasteiger partial charge on any atom is 0.241 e. The van der Waals surface area contributed by atoms with Crippen LogP contribution in [0.15, 0.2) is 23.2 Å². The maximum absolute atomic E-state index is 13.7. The maximum atomic E-state index is 13.7. The van der Waals surface area contributed by atoms with Crippen LogP contribution in [-0.2, 0) is 11.3 Å². The third-order valence-corrected chi connectivity index (χ3v) is 4.90. The molecule has 0 radical (unpaired) electrons. The van der Waals surface area contributed by atoms with Crippen LogP contribution in [0.5, 0.6) is 5.75 Å². The van der Waals surface area contributed by atoms with Crippen molar-refractivity contribution in [2.75, 3.05) is 47.4 Å². The number of carbonyl (C=O) groups is 1. The van der Waals surface area contributed by atoms with Crippen LogP contribution in [0.2, 0.25) is 0 Å². The number of nitrogens with one attached hydrogen (secondary N) is 2. The molecular formula is C20H32FN5O2. The fourth-order valence-corrected chi connectivity index (χ4v) is 3.25. The molecule has 1 aliphatic heterocycles. The first kappa shape index (κ1) is 21.9. The number of benzene rings is 1. The lowest BCUT2D eigenvalue weighted by molar-refractivity contribution is -0.127. The summed E-state index contributed by atoms with van der Waals surface area (Å²) in [5.41, 5.74) is 0.702. The number of likely N-dealkylation sites (tertiary alicyclic amines) is 1. The number of hydrogen-bond acceptors (Lipinski definition) is 4. The highest BCUT2D eigenvalue weighted by atomic mass is 19.1. The topological polar surface area (TPSA) is 69.2 Å². The number of rotatable bonds is 8. The van der Waals surface area contributed by atoms with Crippen LogP contribution in [0, 0.1) is 5.82 Å². The SMILES string of the molecule is CCN1CCCC1CNC(=NCc1cc(F)cc(OC)c1)NCC(=O)N(C)C. The molecule has 1 amide bonds. The van der Waals surface area contributed by atoms with E-state index >= 15 is 0 Å². The zero-order chi connectivity index (χ0) is 20.5. The monoisotopic (exact) mass is 393 g/mol. The van der Waals surface area contributed by atoms with E-state index in [1.807, 2.05) is 0 Å². The number of guanidine groups is 1. The Bertz CT molecular complexity index is 681. The van der Waals surface area contributed by atoms with E-state index in [0.29, 0.717) is 23.3 Å². The van der Waals surface area contributed by atoms with Gasteiger partial charge in [0, 0.05) is 32.7 Å². The number of nitrogens with zero attached hydrogens (tertiary/aromatic N) is 3. The second-order valence-corrected chi connectivity index (χ2v) is 7.11. The summed E-state index contributed by atoms with van der Waals surface area (Å²) in [4.78, 5) is 20.4. The molecule has 1 aliphatic rings. The van der Waals surface area contributed by atoms with E-state index in [9.17, 15) is 9.18 Å². The lowest BCUT2D eigenvalue weighted by atomic mass is 10.2. The average Bonchev–Trinajstić information content (AvgIpc) is 3.14. The van der Waals surface area contributed by atoms with Crippen molar-refractivity contribution < 1.29 is 13.9 Å². The largest absolute Gasteiger partial charge is 0.497 e. The average molecular weight is 394 g/mol. The van der Waals surface area contributed by atoms with E-state index in [1.54, 1.807) is 20.2 Å². The molecule has 0 spiro atoms. The fourth-order valence-electron chi connectivity index (χ4n) is 3.25. The molecule has 28 heavy (non-hydrogen) atoms. The molecule has 0 aromatic heterocycles. The molecule has 2 N–H and O–H groups in total. The Balaban J connectivity index is 2.04. The molecule has 1 aromatic rings. The first-order valence-corrected chi connectivity index (χ1v) is 9.72. The highest BCUT2D eigenvalue weighted by Gasteiger charge is 2.22. The number of ether oxygens (including phenoxy) is 1. The Hall–Kier alpha value is -2.35. The van der Waals surface area contributed by atoms with E-state index in [1.165, 1.54) is 30.6 Å². The van der Waals surface area contributed by atoms with Gasteiger partial charge in [-0.25, -0.2) is 9.38 Å². The Morgan fingerprint density at radius 2 is 2.14 bits per heavy atom. The molecule has 1 heterocycles. The molecule has 1 aromatic carbocycles. The normalized spacial score (nSPS) is 17.5. The van der Waals surface area contributed by atoms with Crippen LogP contribution in [0.3, 0.4) is 0 Å². The van der Waals surface area contributed by atoms with Crippen LogP contribution in [0.25, 0.3) is 0 Å².